The monoisotopic (exact) mass is 278 g/mol. The van der Waals surface area contributed by atoms with Crippen molar-refractivity contribution in [2.24, 2.45) is 0 Å². The smallest absolute Gasteiger partial charge is 0.345 e. The van der Waals surface area contributed by atoms with Gasteiger partial charge < -0.3 is 9.84 Å². The van der Waals surface area contributed by atoms with Crippen molar-refractivity contribution in [3.63, 3.8) is 0 Å². The Morgan fingerprint density at radius 2 is 2.20 bits per heavy atom. The zero-order valence-electron chi connectivity index (χ0n) is 10.5. The summed E-state index contributed by atoms with van der Waals surface area (Å²) in [6.07, 6.45) is 2.28. The molecule has 1 N–H and O–H groups in total. The Balaban J connectivity index is 2.62. The van der Waals surface area contributed by atoms with Crippen molar-refractivity contribution in [3.05, 3.63) is 52.3 Å². The lowest BCUT2D eigenvalue weighted by molar-refractivity contribution is 0.0690. The van der Waals surface area contributed by atoms with Crippen molar-refractivity contribution in [1.29, 1.82) is 0 Å². The van der Waals surface area contributed by atoms with Crippen LogP contribution in [0.5, 0.6) is 5.75 Å². The molecule has 0 unspecified atom stereocenters. The highest BCUT2D eigenvalue weighted by Crippen LogP contribution is 2.15. The number of hydrogen-bond donors (Lipinski definition) is 1. The summed E-state index contributed by atoms with van der Waals surface area (Å²) < 4.78 is 18.9. The van der Waals surface area contributed by atoms with Crippen LogP contribution >= 0.6 is 0 Å². The van der Waals surface area contributed by atoms with Gasteiger partial charge in [-0.1, -0.05) is 0 Å². The lowest BCUT2D eigenvalue weighted by atomic mass is 10.2. The van der Waals surface area contributed by atoms with Crippen LogP contribution in [0.25, 0.3) is 5.82 Å². The normalized spacial score (nSPS) is 10.3. The number of aromatic nitrogens is 2. The van der Waals surface area contributed by atoms with E-state index in [1.807, 2.05) is 0 Å². The van der Waals surface area contributed by atoms with E-state index in [2.05, 4.69) is 4.98 Å². The predicted molar refractivity (Wildman–Crippen MR) is 67.9 cm³/mol. The molecule has 0 aromatic carbocycles. The van der Waals surface area contributed by atoms with Crippen LogP contribution in [0.2, 0.25) is 0 Å². The van der Waals surface area contributed by atoms with Crippen LogP contribution < -0.4 is 10.3 Å². The molecule has 2 heterocycles. The van der Waals surface area contributed by atoms with Crippen molar-refractivity contribution in [2.75, 3.05) is 6.61 Å². The zero-order valence-corrected chi connectivity index (χ0v) is 10.5. The van der Waals surface area contributed by atoms with Crippen LogP contribution in [-0.2, 0) is 0 Å². The van der Waals surface area contributed by atoms with Crippen LogP contribution in [0.3, 0.4) is 0 Å². The molecule has 0 amide bonds. The lowest BCUT2D eigenvalue weighted by Crippen LogP contribution is -2.26. The third kappa shape index (κ3) is 2.51. The van der Waals surface area contributed by atoms with Gasteiger partial charge in [-0.2, -0.15) is 0 Å². The Morgan fingerprint density at radius 3 is 2.75 bits per heavy atom. The van der Waals surface area contributed by atoms with E-state index in [9.17, 15) is 14.0 Å². The summed E-state index contributed by atoms with van der Waals surface area (Å²) in [4.78, 5) is 27.1. The highest BCUT2D eigenvalue weighted by atomic mass is 19.1. The number of carbonyl (C=O) groups is 1. The summed E-state index contributed by atoms with van der Waals surface area (Å²) in [7, 11) is 0. The van der Waals surface area contributed by atoms with Gasteiger partial charge in [0, 0.05) is 6.20 Å². The Morgan fingerprint density at radius 1 is 1.45 bits per heavy atom. The lowest BCUT2D eigenvalue weighted by Gasteiger charge is -2.10. The molecule has 0 aliphatic rings. The number of carboxylic acids is 1. The van der Waals surface area contributed by atoms with Gasteiger partial charge in [-0.15, -0.1) is 0 Å². The number of aromatic carboxylic acids is 1. The second-order valence-corrected chi connectivity index (χ2v) is 3.80. The summed E-state index contributed by atoms with van der Waals surface area (Å²) in [5.41, 5.74) is -1.27. The SMILES string of the molecule is CCOc1ccn(-c2ccc(F)cn2)c(=O)c1C(=O)O. The van der Waals surface area contributed by atoms with Gasteiger partial charge in [0.15, 0.2) is 5.56 Å². The highest BCUT2D eigenvalue weighted by molar-refractivity contribution is 5.90. The summed E-state index contributed by atoms with van der Waals surface area (Å²) in [5.74, 6) is -1.83. The standard InChI is InChI=1S/C13H11FN2O4/c1-2-20-9-5-6-16(12(17)11(9)13(18)19)10-4-3-8(14)7-15-10/h3-7H,2H2,1H3,(H,18,19). The van der Waals surface area contributed by atoms with Crippen LogP contribution in [0.15, 0.2) is 35.4 Å². The number of ether oxygens (including phenoxy) is 1. The summed E-state index contributed by atoms with van der Waals surface area (Å²) in [6, 6.07) is 3.77. The number of pyridine rings is 2. The Kier molecular flexibility index (Phi) is 3.79. The molecule has 0 atom stereocenters. The van der Waals surface area contributed by atoms with Gasteiger partial charge in [0.1, 0.15) is 17.4 Å². The summed E-state index contributed by atoms with van der Waals surface area (Å²) >= 11 is 0. The minimum absolute atomic E-state index is 0.0108. The molecule has 0 fully saturated rings. The first-order valence-electron chi connectivity index (χ1n) is 5.78. The molecule has 0 spiro atoms. The number of hydrogen-bond acceptors (Lipinski definition) is 4. The number of nitrogens with zero attached hydrogens (tertiary/aromatic N) is 2. The fourth-order valence-corrected chi connectivity index (χ4v) is 1.68. The average molecular weight is 278 g/mol. The second kappa shape index (κ2) is 5.52. The first kappa shape index (κ1) is 13.7. The molecule has 2 rings (SSSR count). The first-order valence-corrected chi connectivity index (χ1v) is 5.78. The fraction of sp³-hybridized carbons (Fsp3) is 0.154. The van der Waals surface area contributed by atoms with Gasteiger partial charge in [-0.25, -0.2) is 14.2 Å². The van der Waals surface area contributed by atoms with Crippen molar-refractivity contribution in [2.45, 2.75) is 6.92 Å². The van der Waals surface area contributed by atoms with Crippen molar-refractivity contribution < 1.29 is 19.0 Å². The zero-order chi connectivity index (χ0) is 14.7. The van der Waals surface area contributed by atoms with Crippen LogP contribution in [-0.4, -0.2) is 27.2 Å². The van der Waals surface area contributed by atoms with Gasteiger partial charge >= 0.3 is 5.97 Å². The maximum Gasteiger partial charge on any atom is 0.345 e. The molecule has 6 nitrogen and oxygen atoms in total. The molecular weight excluding hydrogens is 267 g/mol. The van der Waals surface area contributed by atoms with Crippen molar-refractivity contribution >= 4 is 5.97 Å². The Bertz CT molecular complexity index is 695. The van der Waals surface area contributed by atoms with Gasteiger partial charge in [-0.05, 0) is 25.1 Å². The number of rotatable bonds is 4. The van der Waals surface area contributed by atoms with Crippen LogP contribution in [0.4, 0.5) is 4.39 Å². The molecule has 2 aromatic rings. The van der Waals surface area contributed by atoms with Crippen molar-refractivity contribution in [3.8, 4) is 11.6 Å². The fourth-order valence-electron chi connectivity index (χ4n) is 1.68. The molecule has 20 heavy (non-hydrogen) atoms. The molecule has 7 heteroatoms. The Labute approximate surface area is 113 Å². The van der Waals surface area contributed by atoms with Gasteiger partial charge in [0.2, 0.25) is 0 Å². The van der Waals surface area contributed by atoms with E-state index in [0.29, 0.717) is 0 Å². The van der Waals surface area contributed by atoms with Gasteiger partial charge in [0.25, 0.3) is 5.56 Å². The van der Waals surface area contributed by atoms with Gasteiger partial charge in [0.05, 0.1) is 12.8 Å². The number of carboxylic acid groups (broad SMARTS) is 1. The van der Waals surface area contributed by atoms with E-state index in [0.717, 1.165) is 16.8 Å². The van der Waals surface area contributed by atoms with E-state index in [-0.39, 0.29) is 18.2 Å². The van der Waals surface area contributed by atoms with E-state index in [4.69, 9.17) is 9.84 Å². The maximum absolute atomic E-state index is 12.8. The van der Waals surface area contributed by atoms with Gasteiger partial charge in [-0.3, -0.25) is 9.36 Å². The minimum Gasteiger partial charge on any atom is -0.493 e. The summed E-state index contributed by atoms with van der Waals surface area (Å²) in [6.45, 7) is 1.91. The van der Waals surface area contributed by atoms with E-state index >= 15 is 0 Å². The molecule has 104 valence electrons. The quantitative estimate of drug-likeness (QED) is 0.915. The van der Waals surface area contributed by atoms with Crippen molar-refractivity contribution in [1.82, 2.24) is 9.55 Å². The van der Waals surface area contributed by atoms with E-state index < -0.39 is 22.9 Å². The largest absolute Gasteiger partial charge is 0.493 e. The topological polar surface area (TPSA) is 81.4 Å². The van der Waals surface area contributed by atoms with E-state index in [1.165, 1.54) is 18.3 Å². The molecule has 0 bridgehead atoms. The molecule has 0 saturated carbocycles. The minimum atomic E-state index is -1.39. The molecule has 0 aliphatic heterocycles. The first-order chi connectivity index (χ1) is 9.54. The third-order valence-corrected chi connectivity index (χ3v) is 2.53. The average Bonchev–Trinajstić information content (AvgIpc) is 2.40. The highest BCUT2D eigenvalue weighted by Gasteiger charge is 2.19. The number of halogens is 1. The van der Waals surface area contributed by atoms with Crippen LogP contribution in [0.1, 0.15) is 17.3 Å². The third-order valence-electron chi connectivity index (χ3n) is 2.53. The second-order valence-electron chi connectivity index (χ2n) is 3.80. The molecule has 0 saturated heterocycles. The Hall–Kier alpha value is -2.70. The molecule has 0 radical (unpaired) electrons. The van der Waals surface area contributed by atoms with E-state index in [1.54, 1.807) is 6.92 Å². The summed E-state index contributed by atoms with van der Waals surface area (Å²) in [5, 5.41) is 9.11. The molecule has 0 aliphatic carbocycles. The molecule has 2 aromatic heterocycles. The predicted octanol–water partition coefficient (Wildman–Crippen LogP) is 1.47. The molecular formula is C13H11FN2O4. The maximum atomic E-state index is 12.8. The van der Waals surface area contributed by atoms with Crippen LogP contribution in [0, 0.1) is 5.82 Å².